The van der Waals surface area contributed by atoms with E-state index in [4.69, 9.17) is 20.3 Å². The summed E-state index contributed by atoms with van der Waals surface area (Å²) in [4.78, 5) is 34.3. The highest BCUT2D eigenvalue weighted by Gasteiger charge is 2.37. The fourth-order valence-corrected chi connectivity index (χ4v) is 3.25. The van der Waals surface area contributed by atoms with Gasteiger partial charge < -0.3 is 36.1 Å². The number of carbonyl (C=O) groups excluding carboxylic acids is 2. The number of aliphatic carboxylic acids is 1. The summed E-state index contributed by atoms with van der Waals surface area (Å²) >= 11 is 0. The van der Waals surface area contributed by atoms with Crippen LogP contribution in [-0.2, 0) is 25.5 Å². The summed E-state index contributed by atoms with van der Waals surface area (Å²) in [7, 11) is 0. The largest absolute Gasteiger partial charge is 0.484 e. The van der Waals surface area contributed by atoms with Crippen molar-refractivity contribution in [1.29, 1.82) is 0 Å². The van der Waals surface area contributed by atoms with E-state index in [1.807, 2.05) is 12.1 Å². The maximum absolute atomic E-state index is 11.9. The van der Waals surface area contributed by atoms with Gasteiger partial charge in [0, 0.05) is 13.5 Å². The van der Waals surface area contributed by atoms with Gasteiger partial charge in [-0.3, -0.25) is 9.59 Å². The van der Waals surface area contributed by atoms with Crippen molar-refractivity contribution in [3.05, 3.63) is 29.8 Å². The molecule has 0 spiro atoms. The highest BCUT2D eigenvalue weighted by Crippen LogP contribution is 2.19. The van der Waals surface area contributed by atoms with Gasteiger partial charge in [-0.25, -0.2) is 4.79 Å². The van der Waals surface area contributed by atoms with Gasteiger partial charge in [0.2, 0.25) is 0 Å². The number of carboxylic acid groups (broad SMARTS) is 1. The molecular weight excluding hydrogens is 394 g/mol. The van der Waals surface area contributed by atoms with Crippen LogP contribution in [-0.4, -0.2) is 72.0 Å². The molecule has 1 aromatic rings. The lowest BCUT2D eigenvalue weighted by Gasteiger charge is -2.21. The van der Waals surface area contributed by atoms with Crippen LogP contribution in [0.1, 0.15) is 25.3 Å². The van der Waals surface area contributed by atoms with Gasteiger partial charge in [-0.2, -0.15) is 0 Å². The molecule has 0 saturated carbocycles. The SMILES string of the molecule is CC(=O)O[C@@H]1[C@@H](O)CN[C@@H]1Cc1ccc(OCC(=O)N[C@@H](CCCN)C(=O)O)cc1. The summed E-state index contributed by atoms with van der Waals surface area (Å²) in [6.07, 6.45) is -0.0741. The Morgan fingerprint density at radius 1 is 1.30 bits per heavy atom. The van der Waals surface area contributed by atoms with Crippen molar-refractivity contribution in [2.24, 2.45) is 5.73 Å². The summed E-state index contributed by atoms with van der Waals surface area (Å²) < 4.78 is 10.6. The van der Waals surface area contributed by atoms with Gasteiger partial charge in [0.05, 0.1) is 6.04 Å². The average molecular weight is 423 g/mol. The number of benzene rings is 1. The Labute approximate surface area is 174 Å². The number of esters is 1. The minimum Gasteiger partial charge on any atom is -0.484 e. The lowest BCUT2D eigenvalue weighted by Crippen LogP contribution is -2.43. The number of hydrogen-bond acceptors (Lipinski definition) is 8. The third-order valence-electron chi connectivity index (χ3n) is 4.75. The topological polar surface area (TPSA) is 160 Å². The zero-order valence-corrected chi connectivity index (χ0v) is 16.9. The molecule has 0 aromatic heterocycles. The number of aliphatic hydroxyl groups excluding tert-OH is 1. The van der Waals surface area contributed by atoms with Crippen LogP contribution in [0.2, 0.25) is 0 Å². The standard InChI is InChI=1S/C20H29N3O7/c1-12(24)30-19-16(22-10-17(19)25)9-13-4-6-14(7-5-13)29-11-18(26)23-15(20(27)28)3-2-8-21/h4-7,15-17,19,22,25H,2-3,8-11,21H2,1H3,(H,23,26)(H,27,28)/t15-,16+,17-,19-/m0/s1. The highest BCUT2D eigenvalue weighted by molar-refractivity contribution is 5.84. The summed E-state index contributed by atoms with van der Waals surface area (Å²) in [5.41, 5.74) is 6.31. The van der Waals surface area contributed by atoms with E-state index in [9.17, 15) is 19.5 Å². The Bertz CT molecular complexity index is 726. The maximum atomic E-state index is 11.9. The van der Waals surface area contributed by atoms with Gasteiger partial charge in [-0.1, -0.05) is 12.1 Å². The van der Waals surface area contributed by atoms with Gasteiger partial charge in [-0.05, 0) is 43.5 Å². The third kappa shape index (κ3) is 7.29. The Balaban J connectivity index is 1.83. The number of carboxylic acids is 1. The Morgan fingerprint density at radius 2 is 2.00 bits per heavy atom. The first-order chi connectivity index (χ1) is 14.3. The second-order valence-corrected chi connectivity index (χ2v) is 7.18. The van der Waals surface area contributed by atoms with E-state index >= 15 is 0 Å². The molecule has 1 saturated heterocycles. The third-order valence-corrected chi connectivity index (χ3v) is 4.75. The Morgan fingerprint density at radius 3 is 2.60 bits per heavy atom. The predicted octanol–water partition coefficient (Wildman–Crippen LogP) is -0.819. The number of rotatable bonds is 11. The number of nitrogens with one attached hydrogen (secondary N) is 2. The molecule has 1 heterocycles. The molecule has 10 nitrogen and oxygen atoms in total. The highest BCUT2D eigenvalue weighted by atomic mass is 16.6. The molecule has 0 bridgehead atoms. The van der Waals surface area contributed by atoms with Gasteiger partial charge in [-0.15, -0.1) is 0 Å². The normalized spacial score (nSPS) is 21.6. The number of aliphatic hydroxyl groups is 1. The van der Waals surface area contributed by atoms with E-state index in [1.54, 1.807) is 12.1 Å². The molecule has 6 N–H and O–H groups in total. The van der Waals surface area contributed by atoms with Crippen molar-refractivity contribution in [1.82, 2.24) is 10.6 Å². The number of β-amino-alcohol motifs (C(OH)–C–C–N with tert-alkyl or cyclic N) is 1. The summed E-state index contributed by atoms with van der Waals surface area (Å²) in [5, 5.41) is 24.6. The zero-order chi connectivity index (χ0) is 22.1. The molecule has 30 heavy (non-hydrogen) atoms. The van der Waals surface area contributed by atoms with Crippen molar-refractivity contribution < 1.29 is 34.1 Å². The van der Waals surface area contributed by atoms with Gasteiger partial charge in [0.25, 0.3) is 5.91 Å². The van der Waals surface area contributed by atoms with Crippen LogP contribution in [0.15, 0.2) is 24.3 Å². The smallest absolute Gasteiger partial charge is 0.326 e. The molecule has 1 aliphatic heterocycles. The molecule has 1 amide bonds. The molecule has 0 aliphatic carbocycles. The van der Waals surface area contributed by atoms with Crippen LogP contribution < -0.4 is 21.1 Å². The van der Waals surface area contributed by atoms with Crippen molar-refractivity contribution in [3.63, 3.8) is 0 Å². The number of ether oxygens (including phenoxy) is 2. The van der Waals surface area contributed by atoms with Crippen molar-refractivity contribution in [3.8, 4) is 5.75 Å². The molecular formula is C20H29N3O7. The molecule has 0 radical (unpaired) electrons. The van der Waals surface area contributed by atoms with Gasteiger partial charge >= 0.3 is 11.9 Å². The minimum absolute atomic E-state index is 0.206. The van der Waals surface area contributed by atoms with Crippen molar-refractivity contribution >= 4 is 17.8 Å². The molecule has 2 rings (SSSR count). The van der Waals surface area contributed by atoms with Crippen molar-refractivity contribution in [2.45, 2.75) is 50.5 Å². The van der Waals surface area contributed by atoms with Crippen molar-refractivity contribution in [2.75, 3.05) is 19.7 Å². The van der Waals surface area contributed by atoms with Crippen LogP contribution in [0, 0.1) is 0 Å². The van der Waals surface area contributed by atoms with E-state index in [0.29, 0.717) is 31.7 Å². The average Bonchev–Trinajstić information content (AvgIpc) is 3.03. The van der Waals surface area contributed by atoms with E-state index in [0.717, 1.165) is 5.56 Å². The maximum Gasteiger partial charge on any atom is 0.326 e. The zero-order valence-electron chi connectivity index (χ0n) is 16.9. The number of hydrogen-bond donors (Lipinski definition) is 5. The Hall–Kier alpha value is -2.69. The van der Waals surface area contributed by atoms with Crippen LogP contribution >= 0.6 is 0 Å². The molecule has 1 aliphatic rings. The fourth-order valence-electron chi connectivity index (χ4n) is 3.25. The lowest BCUT2D eigenvalue weighted by atomic mass is 10.0. The molecule has 0 unspecified atom stereocenters. The minimum atomic E-state index is -1.11. The first-order valence-electron chi connectivity index (χ1n) is 9.82. The summed E-state index contributed by atoms with van der Waals surface area (Å²) in [6, 6.07) is 5.81. The van der Waals surface area contributed by atoms with E-state index in [1.165, 1.54) is 6.92 Å². The second kappa shape index (κ2) is 11.5. The second-order valence-electron chi connectivity index (χ2n) is 7.18. The molecule has 166 valence electrons. The van der Waals surface area contributed by atoms with E-state index < -0.39 is 36.1 Å². The lowest BCUT2D eigenvalue weighted by molar-refractivity contribution is -0.151. The van der Waals surface area contributed by atoms with Gasteiger partial charge in [0.1, 0.15) is 24.0 Å². The molecule has 1 aromatic carbocycles. The van der Waals surface area contributed by atoms with Crippen LogP contribution in [0.4, 0.5) is 0 Å². The molecule has 1 fully saturated rings. The number of carbonyl (C=O) groups is 3. The quantitative estimate of drug-likeness (QED) is 0.286. The van der Waals surface area contributed by atoms with Gasteiger partial charge in [0.15, 0.2) is 6.61 Å². The number of nitrogens with two attached hydrogens (primary N) is 1. The van der Waals surface area contributed by atoms with Crippen LogP contribution in [0.5, 0.6) is 5.75 Å². The summed E-state index contributed by atoms with van der Waals surface area (Å²) in [5.74, 6) is -1.63. The van der Waals surface area contributed by atoms with Crippen LogP contribution in [0.25, 0.3) is 0 Å². The molecule has 4 atom stereocenters. The fraction of sp³-hybridized carbons (Fsp3) is 0.550. The van der Waals surface area contributed by atoms with Crippen LogP contribution in [0.3, 0.4) is 0 Å². The Kier molecular flexibility index (Phi) is 9.03. The first kappa shape index (κ1) is 23.6. The molecule has 10 heteroatoms. The predicted molar refractivity (Wildman–Crippen MR) is 107 cm³/mol. The van der Waals surface area contributed by atoms with E-state index in [-0.39, 0.29) is 19.1 Å². The van der Waals surface area contributed by atoms with E-state index in [2.05, 4.69) is 10.6 Å². The number of amides is 1. The summed E-state index contributed by atoms with van der Waals surface area (Å²) in [6.45, 7) is 1.69. The monoisotopic (exact) mass is 423 g/mol. The first-order valence-corrected chi connectivity index (χ1v) is 9.82.